The Bertz CT molecular complexity index is 755. The van der Waals surface area contributed by atoms with E-state index in [1.807, 2.05) is 11.9 Å². The van der Waals surface area contributed by atoms with Gasteiger partial charge in [0.25, 0.3) is 0 Å². The summed E-state index contributed by atoms with van der Waals surface area (Å²) < 4.78 is 41.4. The molecule has 0 aliphatic carbocycles. The van der Waals surface area contributed by atoms with E-state index in [0.717, 1.165) is 5.69 Å². The molecule has 0 radical (unpaired) electrons. The summed E-state index contributed by atoms with van der Waals surface area (Å²) in [4.78, 5) is 6.36. The molecule has 3 rings (SSSR count). The van der Waals surface area contributed by atoms with Crippen molar-refractivity contribution in [2.24, 2.45) is 0 Å². The lowest BCUT2D eigenvalue weighted by atomic mass is 10.2. The van der Waals surface area contributed by atoms with Crippen LogP contribution in [0.5, 0.6) is 0 Å². The molecule has 0 unspecified atom stereocenters. The normalized spacial score (nSPS) is 20.6. The van der Waals surface area contributed by atoms with Gasteiger partial charge in [-0.2, -0.15) is 0 Å². The molecule has 5 nitrogen and oxygen atoms in total. The summed E-state index contributed by atoms with van der Waals surface area (Å²) >= 11 is 0. The maximum Gasteiger partial charge on any atom is 0.226 e. The van der Waals surface area contributed by atoms with E-state index in [0.29, 0.717) is 24.4 Å². The summed E-state index contributed by atoms with van der Waals surface area (Å²) in [6.45, 7) is 0.519. The Hall–Kier alpha value is -1.73. The van der Waals surface area contributed by atoms with Gasteiger partial charge in [0, 0.05) is 18.2 Å². The third kappa shape index (κ3) is 3.36. The van der Waals surface area contributed by atoms with Crippen LogP contribution in [0.4, 0.5) is 4.39 Å². The molecule has 0 bridgehead atoms. The molecule has 7 heteroatoms. The van der Waals surface area contributed by atoms with Gasteiger partial charge in [0.1, 0.15) is 12.1 Å². The largest absolute Gasteiger partial charge is 0.444 e. The molecular formula is C15H17FN2O3S. The van der Waals surface area contributed by atoms with Crippen LogP contribution in [0.2, 0.25) is 0 Å². The van der Waals surface area contributed by atoms with Crippen LogP contribution >= 0.6 is 0 Å². The molecule has 0 N–H and O–H groups in total. The minimum absolute atomic E-state index is 0.0240. The second-order valence-electron chi connectivity index (χ2n) is 5.62. The van der Waals surface area contributed by atoms with Gasteiger partial charge in [-0.3, -0.25) is 4.90 Å². The van der Waals surface area contributed by atoms with Crippen molar-refractivity contribution in [1.29, 1.82) is 0 Å². The number of sulfone groups is 1. The molecule has 1 aromatic carbocycles. The first-order valence-electron chi connectivity index (χ1n) is 7.04. The first kappa shape index (κ1) is 15.2. The number of nitrogens with zero attached hydrogens (tertiary/aromatic N) is 2. The molecule has 1 aliphatic rings. The van der Waals surface area contributed by atoms with Crippen LogP contribution in [0.1, 0.15) is 12.1 Å². The maximum atomic E-state index is 12.9. The van der Waals surface area contributed by atoms with E-state index in [1.165, 1.54) is 12.1 Å². The second kappa shape index (κ2) is 5.81. The smallest absolute Gasteiger partial charge is 0.226 e. The van der Waals surface area contributed by atoms with E-state index in [9.17, 15) is 12.8 Å². The Morgan fingerprint density at radius 3 is 2.73 bits per heavy atom. The number of hydrogen-bond acceptors (Lipinski definition) is 5. The third-order valence-electron chi connectivity index (χ3n) is 3.89. The van der Waals surface area contributed by atoms with Crippen LogP contribution < -0.4 is 0 Å². The Morgan fingerprint density at radius 1 is 1.36 bits per heavy atom. The molecule has 22 heavy (non-hydrogen) atoms. The predicted molar refractivity (Wildman–Crippen MR) is 80.4 cm³/mol. The lowest BCUT2D eigenvalue weighted by Gasteiger charge is -2.21. The number of hydrogen-bond donors (Lipinski definition) is 0. The quantitative estimate of drug-likeness (QED) is 0.862. The van der Waals surface area contributed by atoms with Gasteiger partial charge in [0.15, 0.2) is 9.84 Å². The van der Waals surface area contributed by atoms with Crippen molar-refractivity contribution in [2.75, 3.05) is 18.6 Å². The highest BCUT2D eigenvalue weighted by Crippen LogP contribution is 2.21. The van der Waals surface area contributed by atoms with Gasteiger partial charge in [0.05, 0.1) is 17.2 Å². The van der Waals surface area contributed by atoms with Crippen LogP contribution in [0.15, 0.2) is 34.9 Å². The zero-order chi connectivity index (χ0) is 15.7. The molecule has 0 spiro atoms. The highest BCUT2D eigenvalue weighted by Gasteiger charge is 2.30. The van der Waals surface area contributed by atoms with Crippen LogP contribution in [0, 0.1) is 5.82 Å². The molecule has 1 aromatic heterocycles. The van der Waals surface area contributed by atoms with E-state index >= 15 is 0 Å². The number of benzene rings is 1. The summed E-state index contributed by atoms with van der Waals surface area (Å²) in [6.07, 6.45) is 2.21. The topological polar surface area (TPSA) is 63.4 Å². The zero-order valence-electron chi connectivity index (χ0n) is 12.2. The van der Waals surface area contributed by atoms with Crippen LogP contribution in [0.3, 0.4) is 0 Å². The number of aromatic nitrogens is 1. The summed E-state index contributed by atoms with van der Waals surface area (Å²) in [5.74, 6) is 0.577. The molecule has 118 valence electrons. The van der Waals surface area contributed by atoms with Crippen molar-refractivity contribution < 1.29 is 17.2 Å². The van der Waals surface area contributed by atoms with Crippen molar-refractivity contribution in [2.45, 2.75) is 19.0 Å². The number of oxazole rings is 1. The SMILES string of the molecule is CN(Cc1coc(-c2ccc(F)cc2)n1)[C@H]1CCS(=O)(=O)C1. The first-order valence-corrected chi connectivity index (χ1v) is 8.86. The van der Waals surface area contributed by atoms with Crippen molar-refractivity contribution in [3.63, 3.8) is 0 Å². The monoisotopic (exact) mass is 324 g/mol. The van der Waals surface area contributed by atoms with E-state index < -0.39 is 9.84 Å². The van der Waals surface area contributed by atoms with Crippen LogP contribution in [-0.4, -0.2) is 42.9 Å². The van der Waals surface area contributed by atoms with E-state index in [-0.39, 0.29) is 23.4 Å². The fourth-order valence-corrected chi connectivity index (χ4v) is 4.42. The highest BCUT2D eigenvalue weighted by atomic mass is 32.2. The van der Waals surface area contributed by atoms with Crippen LogP contribution in [0.25, 0.3) is 11.5 Å². The fourth-order valence-electron chi connectivity index (χ4n) is 2.61. The molecule has 1 aliphatic heterocycles. The molecule has 1 atom stereocenters. The summed E-state index contributed by atoms with van der Waals surface area (Å²) in [5, 5.41) is 0. The van der Waals surface area contributed by atoms with Crippen molar-refractivity contribution in [3.05, 3.63) is 42.0 Å². The molecule has 1 saturated heterocycles. The van der Waals surface area contributed by atoms with Crippen molar-refractivity contribution >= 4 is 9.84 Å². The van der Waals surface area contributed by atoms with E-state index in [4.69, 9.17) is 4.42 Å². The van der Waals surface area contributed by atoms with Gasteiger partial charge >= 0.3 is 0 Å². The van der Waals surface area contributed by atoms with Gasteiger partial charge < -0.3 is 4.42 Å². The number of halogens is 1. The van der Waals surface area contributed by atoms with Crippen LogP contribution in [-0.2, 0) is 16.4 Å². The van der Waals surface area contributed by atoms with Gasteiger partial charge in [0.2, 0.25) is 5.89 Å². The Balaban J connectivity index is 1.68. The first-order chi connectivity index (χ1) is 10.4. The number of rotatable bonds is 4. The van der Waals surface area contributed by atoms with E-state index in [2.05, 4.69) is 4.98 Å². The Labute approximate surface area is 128 Å². The van der Waals surface area contributed by atoms with Crippen molar-refractivity contribution in [3.8, 4) is 11.5 Å². The van der Waals surface area contributed by atoms with Gasteiger partial charge in [-0.05, 0) is 37.7 Å². The minimum Gasteiger partial charge on any atom is -0.444 e. The Morgan fingerprint density at radius 2 is 2.09 bits per heavy atom. The van der Waals surface area contributed by atoms with Gasteiger partial charge in [-0.1, -0.05) is 0 Å². The molecule has 0 saturated carbocycles. The lowest BCUT2D eigenvalue weighted by Crippen LogP contribution is -2.32. The third-order valence-corrected chi connectivity index (χ3v) is 5.64. The minimum atomic E-state index is -2.90. The highest BCUT2D eigenvalue weighted by molar-refractivity contribution is 7.91. The van der Waals surface area contributed by atoms with Crippen molar-refractivity contribution in [1.82, 2.24) is 9.88 Å². The molecular weight excluding hydrogens is 307 g/mol. The summed E-state index contributed by atoms with van der Waals surface area (Å²) in [7, 11) is -1.01. The molecule has 0 amide bonds. The summed E-state index contributed by atoms with van der Waals surface area (Å²) in [6, 6.07) is 5.95. The second-order valence-corrected chi connectivity index (χ2v) is 7.85. The average Bonchev–Trinajstić information content (AvgIpc) is 3.06. The molecule has 2 aromatic rings. The maximum absolute atomic E-state index is 12.9. The van der Waals surface area contributed by atoms with Gasteiger partial charge in [-0.15, -0.1) is 0 Å². The standard InChI is InChI=1S/C15H17FN2O3S/c1-18(14-6-7-22(19,20)10-14)8-13-9-21-15(17-13)11-2-4-12(16)5-3-11/h2-5,9,14H,6-8,10H2,1H3/t14-/m0/s1. The average molecular weight is 324 g/mol. The van der Waals surface area contributed by atoms with Gasteiger partial charge in [-0.25, -0.2) is 17.8 Å². The fraction of sp³-hybridized carbons (Fsp3) is 0.400. The molecule has 1 fully saturated rings. The predicted octanol–water partition coefficient (Wildman–Crippen LogP) is 2.10. The summed E-state index contributed by atoms with van der Waals surface area (Å²) in [5.41, 5.74) is 1.44. The lowest BCUT2D eigenvalue weighted by molar-refractivity contribution is 0.251. The van der Waals surface area contributed by atoms with E-state index in [1.54, 1.807) is 18.4 Å². The zero-order valence-corrected chi connectivity index (χ0v) is 13.0. The molecule has 2 heterocycles. The Kier molecular flexibility index (Phi) is 4.01.